The van der Waals surface area contributed by atoms with Crippen molar-refractivity contribution in [3.63, 3.8) is 0 Å². The average molecular weight is 461 g/mol. The average Bonchev–Trinajstić information content (AvgIpc) is 3.22. The lowest BCUT2D eigenvalue weighted by molar-refractivity contribution is -0.384. The van der Waals surface area contributed by atoms with E-state index in [0.717, 1.165) is 23.2 Å². The minimum Gasteiger partial charge on any atom is -0.366 e. The smallest absolute Gasteiger partial charge is 0.366 e. The van der Waals surface area contributed by atoms with Gasteiger partial charge in [-0.05, 0) is 44.0 Å². The summed E-state index contributed by atoms with van der Waals surface area (Å²) in [4.78, 5) is 32.7. The summed E-state index contributed by atoms with van der Waals surface area (Å²) in [5.41, 5.74) is 0.153. The third-order valence-electron chi connectivity index (χ3n) is 5.88. The number of aromatic nitrogens is 2. The van der Waals surface area contributed by atoms with Gasteiger partial charge >= 0.3 is 6.18 Å². The molecule has 1 saturated heterocycles. The van der Waals surface area contributed by atoms with E-state index in [1.165, 1.54) is 0 Å². The molecule has 0 aliphatic carbocycles. The van der Waals surface area contributed by atoms with Crippen molar-refractivity contribution in [1.82, 2.24) is 15.3 Å². The lowest BCUT2D eigenvalue weighted by atomic mass is 9.95. The molecule has 1 aliphatic heterocycles. The van der Waals surface area contributed by atoms with Crippen molar-refractivity contribution in [1.29, 1.82) is 0 Å². The first-order chi connectivity index (χ1) is 15.6. The zero-order valence-electron chi connectivity index (χ0n) is 17.7. The number of nitro benzene ring substituents is 1. The van der Waals surface area contributed by atoms with Gasteiger partial charge < -0.3 is 15.2 Å². The fourth-order valence-corrected chi connectivity index (χ4v) is 4.07. The third kappa shape index (κ3) is 4.76. The molecule has 3 aromatic rings. The van der Waals surface area contributed by atoms with Crippen LogP contribution >= 0.6 is 0 Å². The van der Waals surface area contributed by atoms with Crippen LogP contribution < -0.4 is 10.2 Å². The highest BCUT2D eigenvalue weighted by Gasteiger charge is 2.35. The van der Waals surface area contributed by atoms with Crippen LogP contribution in [0.3, 0.4) is 0 Å². The predicted octanol–water partition coefficient (Wildman–Crippen LogP) is 4.58. The number of alkyl halides is 3. The first-order valence-electron chi connectivity index (χ1n) is 10.5. The van der Waals surface area contributed by atoms with Gasteiger partial charge in [-0.25, -0.2) is 4.98 Å². The van der Waals surface area contributed by atoms with Crippen LogP contribution in [0.2, 0.25) is 0 Å². The number of nitrogens with one attached hydrogen (secondary N) is 2. The second kappa shape index (κ2) is 8.72. The molecule has 174 valence electrons. The number of aromatic amines is 1. The number of H-pyrrole nitrogens is 1. The summed E-state index contributed by atoms with van der Waals surface area (Å²) in [5, 5.41) is 14.3. The molecule has 4 rings (SSSR count). The molecule has 11 heteroatoms. The van der Waals surface area contributed by atoms with Crippen molar-refractivity contribution in [3.05, 3.63) is 64.0 Å². The van der Waals surface area contributed by atoms with Crippen LogP contribution in [0.4, 0.5) is 24.5 Å². The van der Waals surface area contributed by atoms with Crippen LogP contribution in [0.5, 0.6) is 0 Å². The minimum atomic E-state index is -4.66. The maximum absolute atomic E-state index is 12.9. The summed E-state index contributed by atoms with van der Waals surface area (Å²) in [6.45, 7) is 2.48. The van der Waals surface area contributed by atoms with Crippen LogP contribution in [-0.4, -0.2) is 33.9 Å². The Bertz CT molecular complexity index is 1150. The van der Waals surface area contributed by atoms with E-state index in [1.807, 2.05) is 31.2 Å². The molecule has 8 nitrogen and oxygen atoms in total. The molecule has 2 aromatic carbocycles. The number of imidazole rings is 1. The van der Waals surface area contributed by atoms with E-state index in [1.54, 1.807) is 4.90 Å². The Labute approximate surface area is 186 Å². The molecule has 1 fully saturated rings. The summed E-state index contributed by atoms with van der Waals surface area (Å²) in [6, 6.07) is 9.74. The van der Waals surface area contributed by atoms with Gasteiger partial charge in [0, 0.05) is 25.1 Å². The van der Waals surface area contributed by atoms with Gasteiger partial charge in [-0.2, -0.15) is 13.2 Å². The zero-order chi connectivity index (χ0) is 23.8. The summed E-state index contributed by atoms with van der Waals surface area (Å²) >= 11 is 0. The largest absolute Gasteiger partial charge is 0.416 e. The monoisotopic (exact) mass is 461 g/mol. The summed E-state index contributed by atoms with van der Waals surface area (Å²) < 4.78 is 38.8. The molecular weight excluding hydrogens is 439 g/mol. The Kier molecular flexibility index (Phi) is 5.96. The molecule has 0 spiro atoms. The fraction of sp³-hybridized carbons (Fsp3) is 0.364. The maximum Gasteiger partial charge on any atom is 0.416 e. The first-order valence-corrected chi connectivity index (χ1v) is 10.5. The van der Waals surface area contributed by atoms with E-state index < -0.39 is 22.4 Å². The van der Waals surface area contributed by atoms with Crippen molar-refractivity contribution in [2.24, 2.45) is 5.92 Å². The molecule has 0 radical (unpaired) electrons. The van der Waals surface area contributed by atoms with Crippen LogP contribution in [-0.2, 0) is 11.0 Å². The number of hydrogen-bond donors (Lipinski definition) is 2. The highest BCUT2D eigenvalue weighted by molar-refractivity contribution is 5.80. The van der Waals surface area contributed by atoms with Crippen molar-refractivity contribution in [2.75, 3.05) is 18.0 Å². The number of fused-ring (bicyclic) bond motifs is 1. The summed E-state index contributed by atoms with van der Waals surface area (Å²) in [6.07, 6.45) is -3.81. The van der Waals surface area contributed by atoms with Crippen molar-refractivity contribution < 1.29 is 22.9 Å². The van der Waals surface area contributed by atoms with E-state index >= 15 is 0 Å². The summed E-state index contributed by atoms with van der Waals surface area (Å²) in [5.74, 6) is 0.188. The lowest BCUT2D eigenvalue weighted by Crippen LogP contribution is -2.41. The SMILES string of the molecule is C[C@H](NC(=O)C1CCN(c2ccc(C(F)(F)F)cc2[N+](=O)[O-])CC1)c1nc2ccccc2[nH]1. The van der Waals surface area contributed by atoms with Gasteiger partial charge in [-0.3, -0.25) is 14.9 Å². The van der Waals surface area contributed by atoms with E-state index in [9.17, 15) is 28.1 Å². The van der Waals surface area contributed by atoms with Gasteiger partial charge in [-0.15, -0.1) is 0 Å². The van der Waals surface area contributed by atoms with Gasteiger partial charge in [-0.1, -0.05) is 12.1 Å². The van der Waals surface area contributed by atoms with Gasteiger partial charge in [0.25, 0.3) is 5.69 Å². The Morgan fingerprint density at radius 3 is 2.58 bits per heavy atom. The molecule has 0 unspecified atom stereocenters. The molecule has 1 amide bonds. The number of para-hydroxylation sites is 2. The fourth-order valence-electron chi connectivity index (χ4n) is 4.07. The second-order valence-electron chi connectivity index (χ2n) is 8.09. The number of piperidine rings is 1. The number of amides is 1. The Balaban J connectivity index is 1.40. The van der Waals surface area contributed by atoms with Crippen LogP contribution in [0, 0.1) is 16.0 Å². The number of nitro groups is 1. The van der Waals surface area contributed by atoms with Gasteiger partial charge in [0.1, 0.15) is 11.5 Å². The van der Waals surface area contributed by atoms with Crippen molar-refractivity contribution in [2.45, 2.75) is 32.0 Å². The Morgan fingerprint density at radius 1 is 1.24 bits per heavy atom. The van der Waals surface area contributed by atoms with Gasteiger partial charge in [0.2, 0.25) is 5.91 Å². The van der Waals surface area contributed by atoms with Gasteiger partial charge in [0.15, 0.2) is 0 Å². The standard InChI is InChI=1S/C22H22F3N5O3/c1-13(20-27-16-4-2-3-5-17(16)28-20)26-21(31)14-8-10-29(11-9-14)18-7-6-15(22(23,24)25)12-19(18)30(32)33/h2-7,12-14H,8-11H2,1H3,(H,26,31)(H,27,28)/t13-/m0/s1. The predicted molar refractivity (Wildman–Crippen MR) is 116 cm³/mol. The van der Waals surface area contributed by atoms with E-state index in [4.69, 9.17) is 0 Å². The highest BCUT2D eigenvalue weighted by Crippen LogP contribution is 2.37. The number of rotatable bonds is 5. The lowest BCUT2D eigenvalue weighted by Gasteiger charge is -2.33. The third-order valence-corrected chi connectivity index (χ3v) is 5.88. The number of nitrogens with zero attached hydrogens (tertiary/aromatic N) is 3. The first kappa shape index (κ1) is 22.6. The Morgan fingerprint density at radius 2 is 1.94 bits per heavy atom. The number of benzene rings is 2. The van der Waals surface area contributed by atoms with Gasteiger partial charge in [0.05, 0.1) is 27.6 Å². The van der Waals surface area contributed by atoms with Crippen molar-refractivity contribution >= 4 is 28.3 Å². The normalized spacial score (nSPS) is 16.1. The van der Waals surface area contributed by atoms with Crippen molar-refractivity contribution in [3.8, 4) is 0 Å². The molecular formula is C22H22F3N5O3. The topological polar surface area (TPSA) is 104 Å². The molecule has 2 N–H and O–H groups in total. The number of hydrogen-bond acceptors (Lipinski definition) is 5. The molecule has 1 atom stereocenters. The highest BCUT2D eigenvalue weighted by atomic mass is 19.4. The zero-order valence-corrected chi connectivity index (χ0v) is 17.7. The number of anilines is 1. The van der Waals surface area contributed by atoms with Crippen LogP contribution in [0.1, 0.15) is 37.2 Å². The molecule has 0 saturated carbocycles. The molecule has 33 heavy (non-hydrogen) atoms. The van der Waals surface area contributed by atoms with E-state index in [-0.39, 0.29) is 23.6 Å². The second-order valence-corrected chi connectivity index (χ2v) is 8.09. The van der Waals surface area contributed by atoms with E-state index in [0.29, 0.717) is 37.8 Å². The number of halogens is 3. The maximum atomic E-state index is 12.9. The molecule has 0 bridgehead atoms. The molecule has 1 aliphatic rings. The number of carbonyl (C=O) groups is 1. The quantitative estimate of drug-likeness (QED) is 0.427. The molecule has 1 aromatic heterocycles. The van der Waals surface area contributed by atoms with Crippen LogP contribution in [0.15, 0.2) is 42.5 Å². The van der Waals surface area contributed by atoms with E-state index in [2.05, 4.69) is 15.3 Å². The molecule has 2 heterocycles. The Hall–Kier alpha value is -3.63. The summed E-state index contributed by atoms with van der Waals surface area (Å²) in [7, 11) is 0. The van der Waals surface area contributed by atoms with Crippen LogP contribution in [0.25, 0.3) is 11.0 Å². The minimum absolute atomic E-state index is 0.127. The number of carbonyl (C=O) groups excluding carboxylic acids is 1.